The molecule has 3 heteroatoms. The maximum absolute atomic E-state index is 10.4. The summed E-state index contributed by atoms with van der Waals surface area (Å²) in [5, 5.41) is 13.8. The van der Waals surface area contributed by atoms with Crippen molar-refractivity contribution in [1.82, 2.24) is 5.32 Å². The molecule has 0 radical (unpaired) electrons. The summed E-state index contributed by atoms with van der Waals surface area (Å²) in [4.78, 5) is 0. The molecule has 24 heavy (non-hydrogen) atoms. The van der Waals surface area contributed by atoms with Gasteiger partial charge in [0.25, 0.3) is 0 Å². The predicted octanol–water partition coefficient (Wildman–Crippen LogP) is 3.68. The number of hydrogen-bond acceptors (Lipinski definition) is 3. The van der Waals surface area contributed by atoms with Crippen LogP contribution < -0.4 is 5.32 Å². The molecule has 0 saturated heterocycles. The van der Waals surface area contributed by atoms with Crippen molar-refractivity contribution in [3.05, 3.63) is 35.9 Å². The van der Waals surface area contributed by atoms with Gasteiger partial charge in [0.15, 0.2) is 0 Å². The van der Waals surface area contributed by atoms with Gasteiger partial charge < -0.3 is 15.2 Å². The molecule has 4 aliphatic carbocycles. The number of aliphatic hydroxyl groups is 1. The zero-order chi connectivity index (χ0) is 16.6. The van der Waals surface area contributed by atoms with Crippen LogP contribution in [0.4, 0.5) is 0 Å². The van der Waals surface area contributed by atoms with Gasteiger partial charge in [-0.15, -0.1) is 0 Å². The first kappa shape index (κ1) is 16.6. The highest BCUT2D eigenvalue weighted by molar-refractivity contribution is 5.18. The average molecular weight is 329 g/mol. The predicted molar refractivity (Wildman–Crippen MR) is 95.7 cm³/mol. The second-order valence-corrected chi connectivity index (χ2v) is 8.61. The van der Waals surface area contributed by atoms with E-state index in [9.17, 15) is 5.11 Å². The van der Waals surface area contributed by atoms with Gasteiger partial charge in [-0.1, -0.05) is 30.3 Å². The molecule has 0 amide bonds. The van der Waals surface area contributed by atoms with Crippen LogP contribution in [0.25, 0.3) is 0 Å². The zero-order valence-electron chi connectivity index (χ0n) is 14.8. The van der Waals surface area contributed by atoms with E-state index in [1.165, 1.54) is 44.1 Å². The molecule has 4 saturated carbocycles. The summed E-state index contributed by atoms with van der Waals surface area (Å²) in [5.41, 5.74) is 1.35. The molecule has 0 unspecified atom stereocenters. The van der Waals surface area contributed by atoms with E-state index in [4.69, 9.17) is 4.74 Å². The Balaban J connectivity index is 1.24. The molecular weight excluding hydrogens is 298 g/mol. The molecule has 5 rings (SSSR count). The molecule has 1 aromatic carbocycles. The third kappa shape index (κ3) is 3.54. The fourth-order valence-corrected chi connectivity index (χ4v) is 5.71. The molecule has 0 heterocycles. The van der Waals surface area contributed by atoms with Crippen molar-refractivity contribution in [1.29, 1.82) is 0 Å². The number of hydrogen-bond donors (Lipinski definition) is 2. The summed E-state index contributed by atoms with van der Waals surface area (Å²) >= 11 is 0. The van der Waals surface area contributed by atoms with E-state index in [1.54, 1.807) is 0 Å². The van der Waals surface area contributed by atoms with E-state index in [0.717, 1.165) is 17.8 Å². The monoisotopic (exact) mass is 329 g/mol. The Labute approximate surface area is 145 Å². The van der Waals surface area contributed by atoms with Crippen molar-refractivity contribution in [2.75, 3.05) is 13.2 Å². The van der Waals surface area contributed by atoms with E-state index < -0.39 is 6.10 Å². The Kier molecular flexibility index (Phi) is 4.68. The molecule has 0 spiro atoms. The molecule has 2 N–H and O–H groups in total. The average Bonchev–Trinajstić information content (AvgIpc) is 2.57. The van der Waals surface area contributed by atoms with E-state index >= 15 is 0 Å². The minimum Gasteiger partial charge on any atom is -0.389 e. The van der Waals surface area contributed by atoms with E-state index in [0.29, 0.717) is 13.2 Å². The maximum Gasteiger partial charge on any atom is 0.0898 e. The van der Waals surface area contributed by atoms with Crippen molar-refractivity contribution in [2.24, 2.45) is 17.8 Å². The lowest BCUT2D eigenvalue weighted by molar-refractivity contribution is -0.174. The van der Waals surface area contributed by atoms with Crippen molar-refractivity contribution in [2.45, 2.75) is 63.2 Å². The van der Waals surface area contributed by atoms with Crippen LogP contribution in [-0.2, 0) is 4.74 Å². The van der Waals surface area contributed by atoms with Gasteiger partial charge in [-0.25, -0.2) is 0 Å². The second-order valence-electron chi connectivity index (χ2n) is 8.61. The Morgan fingerprint density at radius 1 is 1.08 bits per heavy atom. The normalized spacial score (nSPS) is 36.7. The van der Waals surface area contributed by atoms with Crippen LogP contribution in [0.15, 0.2) is 30.3 Å². The fraction of sp³-hybridized carbons (Fsp3) is 0.714. The molecule has 0 aliphatic heterocycles. The van der Waals surface area contributed by atoms with Crippen molar-refractivity contribution in [3.63, 3.8) is 0 Å². The summed E-state index contributed by atoms with van der Waals surface area (Å²) in [5.74, 6) is 2.68. The van der Waals surface area contributed by atoms with Crippen LogP contribution in [0.1, 0.15) is 57.1 Å². The number of rotatable bonds is 7. The van der Waals surface area contributed by atoms with Gasteiger partial charge in [0.2, 0.25) is 0 Å². The van der Waals surface area contributed by atoms with Crippen LogP contribution in [0.2, 0.25) is 0 Å². The lowest BCUT2D eigenvalue weighted by Gasteiger charge is -2.56. The molecule has 4 fully saturated rings. The second kappa shape index (κ2) is 6.78. The zero-order valence-corrected chi connectivity index (χ0v) is 14.8. The number of nitrogens with one attached hydrogen (secondary N) is 1. The SMILES string of the molecule is C[C@@H](NC[C@@H](O)COC12CC3CC(CC(C3)C1)C2)c1ccccc1. The summed E-state index contributed by atoms with van der Waals surface area (Å²) in [7, 11) is 0. The highest BCUT2D eigenvalue weighted by Gasteiger charge is 2.51. The molecule has 4 aliphatic rings. The van der Waals surface area contributed by atoms with Crippen LogP contribution in [0.3, 0.4) is 0 Å². The van der Waals surface area contributed by atoms with Crippen LogP contribution in [0, 0.1) is 17.8 Å². The summed E-state index contributed by atoms with van der Waals surface area (Å²) in [6.07, 6.45) is 7.58. The third-order valence-electron chi connectivity index (χ3n) is 6.52. The van der Waals surface area contributed by atoms with Gasteiger partial charge in [-0.05, 0) is 68.8 Å². The quantitative estimate of drug-likeness (QED) is 0.802. The Morgan fingerprint density at radius 2 is 1.67 bits per heavy atom. The summed E-state index contributed by atoms with van der Waals surface area (Å²) < 4.78 is 6.35. The van der Waals surface area contributed by atoms with Gasteiger partial charge >= 0.3 is 0 Å². The smallest absolute Gasteiger partial charge is 0.0898 e. The van der Waals surface area contributed by atoms with Gasteiger partial charge in [0.1, 0.15) is 0 Å². The first-order valence-corrected chi connectivity index (χ1v) is 9.72. The van der Waals surface area contributed by atoms with E-state index in [1.807, 2.05) is 6.07 Å². The first-order chi connectivity index (χ1) is 11.6. The molecule has 0 aromatic heterocycles. The number of benzene rings is 1. The summed E-state index contributed by atoms with van der Waals surface area (Å²) in [6.45, 7) is 3.20. The largest absolute Gasteiger partial charge is 0.389 e. The van der Waals surface area contributed by atoms with Crippen molar-refractivity contribution in [3.8, 4) is 0 Å². The van der Waals surface area contributed by atoms with E-state index in [-0.39, 0.29) is 11.6 Å². The lowest BCUT2D eigenvalue weighted by atomic mass is 9.54. The molecular formula is C21H31NO2. The van der Waals surface area contributed by atoms with Crippen LogP contribution in [0.5, 0.6) is 0 Å². The fourth-order valence-electron chi connectivity index (χ4n) is 5.71. The van der Waals surface area contributed by atoms with Gasteiger partial charge in [-0.3, -0.25) is 0 Å². The first-order valence-electron chi connectivity index (χ1n) is 9.72. The van der Waals surface area contributed by atoms with Crippen LogP contribution in [-0.4, -0.2) is 30.0 Å². The van der Waals surface area contributed by atoms with Gasteiger partial charge in [0, 0.05) is 12.6 Å². The minimum atomic E-state index is -0.427. The Bertz CT molecular complexity index is 509. The highest BCUT2D eigenvalue weighted by atomic mass is 16.5. The van der Waals surface area contributed by atoms with E-state index in [2.05, 4.69) is 36.5 Å². The standard InChI is InChI=1S/C21H31NO2/c1-15(19-5-3-2-4-6-19)22-13-20(23)14-24-21-10-16-7-17(11-21)9-18(8-16)12-21/h2-6,15-18,20,22-23H,7-14H2,1H3/t15-,16?,17?,18?,20-,21?/m1/s1. The molecule has 132 valence electrons. The highest BCUT2D eigenvalue weighted by Crippen LogP contribution is 2.57. The topological polar surface area (TPSA) is 41.5 Å². The number of aliphatic hydroxyl groups excluding tert-OH is 1. The Morgan fingerprint density at radius 3 is 2.25 bits per heavy atom. The Hall–Kier alpha value is -0.900. The number of ether oxygens (including phenoxy) is 1. The summed E-state index contributed by atoms with van der Waals surface area (Å²) in [6, 6.07) is 10.6. The van der Waals surface area contributed by atoms with Crippen LogP contribution >= 0.6 is 0 Å². The van der Waals surface area contributed by atoms with Gasteiger partial charge in [-0.2, -0.15) is 0 Å². The lowest BCUT2D eigenvalue weighted by Crippen LogP contribution is -2.53. The molecule has 2 atom stereocenters. The van der Waals surface area contributed by atoms with Crippen molar-refractivity contribution >= 4 is 0 Å². The third-order valence-corrected chi connectivity index (χ3v) is 6.52. The molecule has 3 nitrogen and oxygen atoms in total. The maximum atomic E-state index is 10.4. The van der Waals surface area contributed by atoms with Gasteiger partial charge in [0.05, 0.1) is 18.3 Å². The minimum absolute atomic E-state index is 0.0980. The molecule has 4 bridgehead atoms. The molecule has 1 aromatic rings. The van der Waals surface area contributed by atoms with Crippen molar-refractivity contribution < 1.29 is 9.84 Å².